The summed E-state index contributed by atoms with van der Waals surface area (Å²) in [5.41, 5.74) is 1.73. The van der Waals surface area contributed by atoms with E-state index in [0.717, 1.165) is 22.0 Å². The number of allylic oxidation sites excluding steroid dienone is 1. The van der Waals surface area contributed by atoms with Crippen molar-refractivity contribution in [1.82, 2.24) is 0 Å². The lowest BCUT2D eigenvalue weighted by Crippen LogP contribution is -2.00. The molecule has 0 bridgehead atoms. The number of halogens is 4. The average molecular weight is 716 g/mol. The topological polar surface area (TPSA) is 124 Å². The monoisotopic (exact) mass is 714 g/mol. The Labute approximate surface area is 273 Å². The van der Waals surface area contributed by atoms with Gasteiger partial charge < -0.3 is 28.4 Å². The van der Waals surface area contributed by atoms with E-state index in [0.29, 0.717) is 0 Å². The van der Waals surface area contributed by atoms with Gasteiger partial charge >= 0.3 is 12.3 Å². The molecule has 0 saturated carbocycles. The first-order valence-electron chi connectivity index (χ1n) is 12.8. The van der Waals surface area contributed by atoms with E-state index in [2.05, 4.69) is 32.0 Å². The molecule has 0 aliphatic heterocycles. The predicted octanol–water partition coefficient (Wildman–Crippen LogP) is 7.09. The molecule has 0 saturated heterocycles. The molecule has 0 atom stereocenters. The molecule has 3 rings (SSSR count). The highest BCUT2D eigenvalue weighted by Gasteiger charge is 2.04. The van der Waals surface area contributed by atoms with Gasteiger partial charge in [0.2, 0.25) is 0 Å². The minimum absolute atomic E-state index is 0.0392. The molecule has 0 spiro atoms. The smallest absolute Gasteiger partial charge is 0.373 e. The number of rotatable bonds is 12. The van der Waals surface area contributed by atoms with E-state index in [-0.39, 0.29) is 55.7 Å². The van der Waals surface area contributed by atoms with E-state index in [1.165, 1.54) is 39.5 Å². The summed E-state index contributed by atoms with van der Waals surface area (Å²) in [6.07, 6.45) is 7.01. The van der Waals surface area contributed by atoms with Gasteiger partial charge in [-0.1, -0.05) is 59.8 Å². The van der Waals surface area contributed by atoms with Gasteiger partial charge in [-0.15, -0.1) is 0 Å². The van der Waals surface area contributed by atoms with Crippen LogP contribution in [0.1, 0.15) is 24.5 Å². The number of benzene rings is 3. The molecule has 0 unspecified atom stereocenters. The van der Waals surface area contributed by atoms with Crippen LogP contribution in [0.25, 0.3) is 12.2 Å². The highest BCUT2D eigenvalue weighted by atomic mass is 79.9. The molecule has 3 aromatic rings. The molecular formula is C32H34BrF3O10. The fraction of sp³-hybridized carbons (Fsp3) is 0.250. The predicted molar refractivity (Wildman–Crippen MR) is 164 cm³/mol. The Morgan fingerprint density at radius 1 is 0.674 bits per heavy atom. The van der Waals surface area contributed by atoms with Crippen molar-refractivity contribution in [3.63, 3.8) is 0 Å². The van der Waals surface area contributed by atoms with Crippen molar-refractivity contribution in [3.8, 4) is 17.2 Å². The van der Waals surface area contributed by atoms with E-state index in [1.807, 2.05) is 19.1 Å². The number of ether oxygens (including phenoxy) is 6. The zero-order chi connectivity index (χ0) is 35.2. The molecule has 0 aliphatic rings. The van der Waals surface area contributed by atoms with Crippen molar-refractivity contribution in [3.05, 3.63) is 100 Å². The van der Waals surface area contributed by atoms with Crippen molar-refractivity contribution < 1.29 is 60.8 Å². The van der Waals surface area contributed by atoms with Crippen molar-refractivity contribution >= 4 is 40.4 Å². The third-order valence-corrected chi connectivity index (χ3v) is 5.08. The second kappa shape index (κ2) is 29.2. The minimum Gasteiger partial charge on any atom is -0.464 e. The van der Waals surface area contributed by atoms with E-state index in [9.17, 15) is 13.2 Å². The molecule has 0 N–H and O–H groups in total. The molecule has 250 valence electrons. The fourth-order valence-electron chi connectivity index (χ4n) is 2.70. The molecule has 0 fully saturated rings. The van der Waals surface area contributed by atoms with Gasteiger partial charge in [-0.05, 0) is 60.0 Å². The average Bonchev–Trinajstić information content (AvgIpc) is 3.05. The first kappa shape index (κ1) is 43.6. The molecule has 0 amide bonds. The van der Waals surface area contributed by atoms with Crippen molar-refractivity contribution in [2.75, 3.05) is 41.7 Å². The summed E-state index contributed by atoms with van der Waals surface area (Å²) in [6.45, 7) is 5.76. The Kier molecular flexibility index (Phi) is 27.6. The summed E-state index contributed by atoms with van der Waals surface area (Å²) >= 11 is 3.20. The van der Waals surface area contributed by atoms with Crippen LogP contribution in [0.5, 0.6) is 17.2 Å². The standard InChI is InChI=1S/C12H15FO2.C10H11FO2.C8H8BrFO2.2CO2/c1-3-4-5-10-6-7-11(13)12(8-10)15-9-14-2;1-3-8-4-5-9(11)10(6-8)13-7-12-2;1-11-5-12-8-4-6(9)2-3-7(8)10;2*2-1-3/h4-8H,3,9H2,1-2H3;3-6H,1,7H2,2H3;2-4H,5H2,1H3;;/b5-4+;;;;. The molecule has 3 aromatic carbocycles. The third kappa shape index (κ3) is 21.2. The van der Waals surface area contributed by atoms with Crippen molar-refractivity contribution in [1.29, 1.82) is 0 Å². The minimum atomic E-state index is -0.400. The van der Waals surface area contributed by atoms with Crippen LogP contribution in [0.2, 0.25) is 0 Å². The zero-order valence-electron chi connectivity index (χ0n) is 25.6. The Hall–Kier alpha value is -4.55. The van der Waals surface area contributed by atoms with Gasteiger partial charge in [0, 0.05) is 25.8 Å². The summed E-state index contributed by atoms with van der Waals surface area (Å²) < 4.78 is 68.9. The van der Waals surface area contributed by atoms with Crippen molar-refractivity contribution in [2.45, 2.75) is 13.3 Å². The van der Waals surface area contributed by atoms with Gasteiger partial charge in [0.25, 0.3) is 0 Å². The maximum Gasteiger partial charge on any atom is 0.373 e. The van der Waals surface area contributed by atoms with Crippen LogP contribution in [0.15, 0.2) is 71.7 Å². The van der Waals surface area contributed by atoms with Crippen LogP contribution >= 0.6 is 15.9 Å². The highest BCUT2D eigenvalue weighted by molar-refractivity contribution is 9.10. The zero-order valence-corrected chi connectivity index (χ0v) is 27.1. The lowest BCUT2D eigenvalue weighted by molar-refractivity contribution is -0.193. The summed E-state index contributed by atoms with van der Waals surface area (Å²) in [5, 5.41) is 0. The van der Waals surface area contributed by atoms with Gasteiger partial charge in [0.05, 0.1) is 0 Å². The molecule has 0 aromatic heterocycles. The summed E-state index contributed by atoms with van der Waals surface area (Å²) in [7, 11) is 4.46. The van der Waals surface area contributed by atoms with Gasteiger partial charge in [0.1, 0.15) is 0 Å². The van der Waals surface area contributed by atoms with Gasteiger partial charge in [-0.3, -0.25) is 0 Å². The highest BCUT2D eigenvalue weighted by Crippen LogP contribution is 2.22. The Morgan fingerprint density at radius 3 is 1.43 bits per heavy atom. The molecular weight excluding hydrogens is 681 g/mol. The Morgan fingerprint density at radius 2 is 1.04 bits per heavy atom. The maximum absolute atomic E-state index is 13.2. The summed E-state index contributed by atoms with van der Waals surface area (Å²) in [4.78, 5) is 32.5. The van der Waals surface area contributed by atoms with Crippen LogP contribution < -0.4 is 14.2 Å². The number of hydrogen-bond donors (Lipinski definition) is 0. The molecule has 14 heteroatoms. The molecule has 0 radical (unpaired) electrons. The molecule has 0 heterocycles. The molecule has 46 heavy (non-hydrogen) atoms. The van der Waals surface area contributed by atoms with Crippen LogP contribution in [0.4, 0.5) is 13.2 Å². The van der Waals surface area contributed by atoms with Gasteiger partial charge in [0.15, 0.2) is 55.1 Å². The third-order valence-electron chi connectivity index (χ3n) is 4.58. The Balaban J connectivity index is 0. The quantitative estimate of drug-likeness (QED) is 0.180. The summed E-state index contributed by atoms with van der Waals surface area (Å²) in [5.74, 6) is -0.584. The van der Waals surface area contributed by atoms with E-state index in [4.69, 9.17) is 38.1 Å². The second-order valence-corrected chi connectivity index (χ2v) is 8.70. The lowest BCUT2D eigenvalue weighted by Gasteiger charge is -2.06. The number of methoxy groups -OCH3 is 3. The summed E-state index contributed by atoms with van der Waals surface area (Å²) in [6, 6.07) is 13.8. The number of hydrogen-bond acceptors (Lipinski definition) is 10. The SMILES string of the molecule is C=Cc1ccc(F)c(OCOC)c1.CC/C=C/c1ccc(F)c(OCOC)c1.COCOc1cc(Br)ccc1F.O=C=O.O=C=O. The fourth-order valence-corrected chi connectivity index (χ4v) is 3.04. The van der Waals surface area contributed by atoms with Crippen LogP contribution in [-0.2, 0) is 33.4 Å². The largest absolute Gasteiger partial charge is 0.464 e. The van der Waals surface area contributed by atoms with E-state index < -0.39 is 11.6 Å². The second-order valence-electron chi connectivity index (χ2n) is 7.79. The van der Waals surface area contributed by atoms with Gasteiger partial charge in [-0.2, -0.15) is 19.2 Å². The van der Waals surface area contributed by atoms with E-state index >= 15 is 0 Å². The maximum atomic E-state index is 13.2. The normalized spacial score (nSPS) is 9.22. The first-order chi connectivity index (χ1) is 22.1. The Bertz CT molecular complexity index is 1360. The lowest BCUT2D eigenvalue weighted by atomic mass is 10.2. The van der Waals surface area contributed by atoms with Crippen LogP contribution in [0, 0.1) is 17.5 Å². The first-order valence-corrected chi connectivity index (χ1v) is 13.6. The molecule has 0 aliphatic carbocycles. The molecule has 10 nitrogen and oxygen atoms in total. The van der Waals surface area contributed by atoms with Crippen molar-refractivity contribution in [2.24, 2.45) is 0 Å². The van der Waals surface area contributed by atoms with Gasteiger partial charge in [-0.25, -0.2) is 13.2 Å². The van der Waals surface area contributed by atoms with Crippen LogP contribution in [-0.4, -0.2) is 54.0 Å². The van der Waals surface area contributed by atoms with E-state index in [1.54, 1.807) is 42.5 Å². The van der Waals surface area contributed by atoms with Crippen LogP contribution in [0.3, 0.4) is 0 Å². The number of carbonyl (C=O) groups excluding carboxylic acids is 4.